The van der Waals surface area contributed by atoms with Crippen LogP contribution in [-0.4, -0.2) is 31.6 Å². The molecule has 7 heteroatoms. The van der Waals surface area contributed by atoms with E-state index in [1.54, 1.807) is 20.4 Å². The van der Waals surface area contributed by atoms with E-state index in [-0.39, 0.29) is 5.82 Å². The quantitative estimate of drug-likeness (QED) is 0.419. The van der Waals surface area contributed by atoms with Crippen molar-refractivity contribution in [3.63, 3.8) is 0 Å². The topological polar surface area (TPSA) is 58.5 Å². The van der Waals surface area contributed by atoms with Gasteiger partial charge < -0.3 is 15.4 Å². The summed E-state index contributed by atoms with van der Waals surface area (Å²) in [6, 6.07) is 8.92. The SMILES string of the molecule is CN=C(NCCCc1ccc(Br)cc1F)NCc1ccc(OC)nc1. The number of ether oxygens (including phenoxy) is 1. The van der Waals surface area contributed by atoms with Crippen LogP contribution >= 0.6 is 15.9 Å². The molecule has 0 fully saturated rings. The number of pyridine rings is 1. The third kappa shape index (κ3) is 6.34. The number of aliphatic imine (C=N–C) groups is 1. The number of guanidine groups is 1. The smallest absolute Gasteiger partial charge is 0.212 e. The van der Waals surface area contributed by atoms with Gasteiger partial charge in [-0.15, -0.1) is 0 Å². The Kier molecular flexibility index (Phi) is 7.66. The van der Waals surface area contributed by atoms with Gasteiger partial charge in [0.2, 0.25) is 5.88 Å². The van der Waals surface area contributed by atoms with Gasteiger partial charge in [-0.1, -0.05) is 28.1 Å². The number of hydrogen-bond acceptors (Lipinski definition) is 3. The Morgan fingerprint density at radius 3 is 2.76 bits per heavy atom. The van der Waals surface area contributed by atoms with E-state index >= 15 is 0 Å². The Morgan fingerprint density at radius 1 is 1.28 bits per heavy atom. The van der Waals surface area contributed by atoms with Gasteiger partial charge in [-0.2, -0.15) is 0 Å². The molecule has 0 atom stereocenters. The molecule has 1 aromatic carbocycles. The van der Waals surface area contributed by atoms with Crippen LogP contribution < -0.4 is 15.4 Å². The lowest BCUT2D eigenvalue weighted by Gasteiger charge is -2.12. The Balaban J connectivity index is 1.72. The number of benzene rings is 1. The van der Waals surface area contributed by atoms with Crippen LogP contribution in [0.5, 0.6) is 5.88 Å². The fraction of sp³-hybridized carbons (Fsp3) is 0.333. The van der Waals surface area contributed by atoms with Crippen LogP contribution in [0, 0.1) is 5.82 Å². The number of aryl methyl sites for hydroxylation is 1. The summed E-state index contributed by atoms with van der Waals surface area (Å²) in [5, 5.41) is 6.44. The van der Waals surface area contributed by atoms with Crippen molar-refractivity contribution in [2.75, 3.05) is 20.7 Å². The van der Waals surface area contributed by atoms with Gasteiger partial charge in [0.05, 0.1) is 7.11 Å². The van der Waals surface area contributed by atoms with Crippen molar-refractivity contribution in [2.45, 2.75) is 19.4 Å². The zero-order valence-corrected chi connectivity index (χ0v) is 15.9. The molecule has 5 nitrogen and oxygen atoms in total. The maximum absolute atomic E-state index is 13.8. The maximum atomic E-state index is 13.8. The summed E-state index contributed by atoms with van der Waals surface area (Å²) in [7, 11) is 3.31. The molecule has 0 bridgehead atoms. The maximum Gasteiger partial charge on any atom is 0.212 e. The van der Waals surface area contributed by atoms with E-state index in [2.05, 4.69) is 36.5 Å². The number of aromatic nitrogens is 1. The first-order chi connectivity index (χ1) is 12.1. The molecule has 0 unspecified atom stereocenters. The molecular formula is C18H22BrFN4O. The molecule has 0 aliphatic carbocycles. The van der Waals surface area contributed by atoms with E-state index in [1.807, 2.05) is 24.3 Å². The third-order valence-electron chi connectivity index (χ3n) is 3.62. The number of hydrogen-bond donors (Lipinski definition) is 2. The summed E-state index contributed by atoms with van der Waals surface area (Å²) >= 11 is 3.26. The van der Waals surface area contributed by atoms with Crippen molar-refractivity contribution in [1.82, 2.24) is 15.6 Å². The summed E-state index contributed by atoms with van der Waals surface area (Å²) in [6.45, 7) is 1.31. The molecule has 0 amide bonds. The standard InChI is InChI=1S/C18H22BrFN4O/c1-21-18(24-12-13-5-8-17(25-2)23-11-13)22-9-3-4-14-6-7-15(19)10-16(14)20/h5-8,10-11H,3-4,9,12H2,1-2H3,(H2,21,22,24). The number of nitrogens with zero attached hydrogens (tertiary/aromatic N) is 2. The van der Waals surface area contributed by atoms with Crippen LogP contribution in [0.15, 0.2) is 46.0 Å². The van der Waals surface area contributed by atoms with Crippen LogP contribution in [0.1, 0.15) is 17.5 Å². The first-order valence-corrected chi connectivity index (χ1v) is 8.79. The average Bonchev–Trinajstić information content (AvgIpc) is 2.63. The second kappa shape index (κ2) is 9.98. The molecule has 1 aromatic heterocycles. The summed E-state index contributed by atoms with van der Waals surface area (Å²) in [6.07, 6.45) is 3.24. The first-order valence-electron chi connectivity index (χ1n) is 7.99. The first kappa shape index (κ1) is 19.2. The highest BCUT2D eigenvalue weighted by atomic mass is 79.9. The fourth-order valence-corrected chi connectivity index (χ4v) is 2.59. The van der Waals surface area contributed by atoms with Crippen molar-refractivity contribution >= 4 is 21.9 Å². The van der Waals surface area contributed by atoms with Gasteiger partial charge in [0.15, 0.2) is 5.96 Å². The molecule has 0 spiro atoms. The lowest BCUT2D eigenvalue weighted by Crippen LogP contribution is -2.37. The highest BCUT2D eigenvalue weighted by Crippen LogP contribution is 2.16. The summed E-state index contributed by atoms with van der Waals surface area (Å²) in [5.74, 6) is 1.11. The molecule has 0 aliphatic heterocycles. The Morgan fingerprint density at radius 2 is 2.12 bits per heavy atom. The van der Waals surface area contributed by atoms with Crippen molar-refractivity contribution in [2.24, 2.45) is 4.99 Å². The second-order valence-electron chi connectivity index (χ2n) is 5.40. The lowest BCUT2D eigenvalue weighted by molar-refractivity contribution is 0.397. The molecular weight excluding hydrogens is 387 g/mol. The van der Waals surface area contributed by atoms with Gasteiger partial charge in [0.25, 0.3) is 0 Å². The zero-order valence-electron chi connectivity index (χ0n) is 14.4. The van der Waals surface area contributed by atoms with Gasteiger partial charge in [0.1, 0.15) is 5.82 Å². The molecule has 134 valence electrons. The number of halogens is 2. The second-order valence-corrected chi connectivity index (χ2v) is 6.32. The molecule has 2 N–H and O–H groups in total. The minimum absolute atomic E-state index is 0.177. The van der Waals surface area contributed by atoms with Crippen molar-refractivity contribution in [1.29, 1.82) is 0 Å². The van der Waals surface area contributed by atoms with Gasteiger partial charge in [-0.25, -0.2) is 9.37 Å². The van der Waals surface area contributed by atoms with Crippen molar-refractivity contribution < 1.29 is 9.13 Å². The van der Waals surface area contributed by atoms with E-state index in [0.717, 1.165) is 22.0 Å². The Bertz CT molecular complexity index is 707. The van der Waals surface area contributed by atoms with Crippen LogP contribution in [0.25, 0.3) is 0 Å². The highest BCUT2D eigenvalue weighted by Gasteiger charge is 2.03. The minimum atomic E-state index is -0.177. The molecule has 0 aliphatic rings. The van der Waals surface area contributed by atoms with Gasteiger partial charge in [-0.05, 0) is 36.1 Å². The Hall–Kier alpha value is -2.15. The molecule has 2 rings (SSSR count). The number of rotatable bonds is 7. The van der Waals surface area contributed by atoms with E-state index in [0.29, 0.717) is 31.3 Å². The monoisotopic (exact) mass is 408 g/mol. The average molecular weight is 409 g/mol. The van der Waals surface area contributed by atoms with E-state index in [4.69, 9.17) is 4.74 Å². The molecule has 0 saturated heterocycles. The molecule has 25 heavy (non-hydrogen) atoms. The van der Waals surface area contributed by atoms with Crippen LogP contribution in [0.3, 0.4) is 0 Å². The van der Waals surface area contributed by atoms with E-state index in [9.17, 15) is 4.39 Å². The van der Waals surface area contributed by atoms with E-state index in [1.165, 1.54) is 6.07 Å². The third-order valence-corrected chi connectivity index (χ3v) is 4.11. The molecule has 0 radical (unpaired) electrons. The molecule has 0 saturated carbocycles. The van der Waals surface area contributed by atoms with Crippen LogP contribution in [-0.2, 0) is 13.0 Å². The highest BCUT2D eigenvalue weighted by molar-refractivity contribution is 9.10. The lowest BCUT2D eigenvalue weighted by atomic mass is 10.1. The van der Waals surface area contributed by atoms with Crippen LogP contribution in [0.2, 0.25) is 0 Å². The van der Waals surface area contributed by atoms with Crippen molar-refractivity contribution in [3.8, 4) is 5.88 Å². The summed E-state index contributed by atoms with van der Waals surface area (Å²) in [5.41, 5.74) is 1.75. The van der Waals surface area contributed by atoms with Gasteiger partial charge in [0, 0.05) is 36.9 Å². The van der Waals surface area contributed by atoms with Crippen LogP contribution in [0.4, 0.5) is 4.39 Å². The number of nitrogens with one attached hydrogen (secondary N) is 2. The molecule has 2 aromatic rings. The number of methoxy groups -OCH3 is 1. The summed E-state index contributed by atoms with van der Waals surface area (Å²) < 4.78 is 19.6. The predicted molar refractivity (Wildman–Crippen MR) is 101 cm³/mol. The zero-order chi connectivity index (χ0) is 18.1. The molecule has 1 heterocycles. The fourth-order valence-electron chi connectivity index (χ4n) is 2.25. The normalized spacial score (nSPS) is 11.3. The predicted octanol–water partition coefficient (Wildman–Crippen LogP) is 3.29. The summed E-state index contributed by atoms with van der Waals surface area (Å²) in [4.78, 5) is 8.34. The van der Waals surface area contributed by atoms with Crippen molar-refractivity contribution in [3.05, 3.63) is 57.9 Å². The van der Waals surface area contributed by atoms with Gasteiger partial charge >= 0.3 is 0 Å². The minimum Gasteiger partial charge on any atom is -0.481 e. The van der Waals surface area contributed by atoms with Gasteiger partial charge in [-0.3, -0.25) is 4.99 Å². The van der Waals surface area contributed by atoms with E-state index < -0.39 is 0 Å². The Labute approximate surface area is 155 Å². The largest absolute Gasteiger partial charge is 0.481 e.